The number of fused-ring (bicyclic) bond motifs is 1. The fourth-order valence-corrected chi connectivity index (χ4v) is 2.36. The van der Waals surface area contributed by atoms with Crippen LogP contribution in [-0.2, 0) is 0 Å². The predicted octanol–water partition coefficient (Wildman–Crippen LogP) is 3.37. The smallest absolute Gasteiger partial charge is 0.317 e. The summed E-state index contributed by atoms with van der Waals surface area (Å²) in [6, 6.07) is 12.7. The number of hydrogen-bond donors (Lipinski definition) is 3. The van der Waals surface area contributed by atoms with Gasteiger partial charge in [-0.15, -0.1) is 0 Å². The number of H-pyrrole nitrogens is 1. The number of halogens is 1. The van der Waals surface area contributed by atoms with Crippen LogP contribution in [0.5, 0.6) is 0 Å². The summed E-state index contributed by atoms with van der Waals surface area (Å²) in [6.07, 6.45) is 0. The van der Waals surface area contributed by atoms with Gasteiger partial charge in [-0.05, 0) is 17.7 Å². The number of urea groups is 1. The van der Waals surface area contributed by atoms with E-state index in [9.17, 15) is 4.79 Å². The van der Waals surface area contributed by atoms with Gasteiger partial charge in [-0.2, -0.15) is 5.10 Å². The summed E-state index contributed by atoms with van der Waals surface area (Å²) in [4.78, 5) is 11.0. The number of carbonyl (C=O) groups excluding carboxylic acids is 1. The molecule has 2 amide bonds. The van der Waals surface area contributed by atoms with Gasteiger partial charge in [-0.3, -0.25) is 10.4 Å². The maximum atomic E-state index is 11.0. The molecule has 0 saturated heterocycles. The van der Waals surface area contributed by atoms with Gasteiger partial charge in [0, 0.05) is 10.9 Å². The number of rotatable bonds is 2. The van der Waals surface area contributed by atoms with E-state index in [0.29, 0.717) is 10.8 Å². The number of aromatic amines is 1. The summed E-state index contributed by atoms with van der Waals surface area (Å²) in [6.45, 7) is 0. The molecule has 1 heterocycles. The zero-order valence-corrected chi connectivity index (χ0v) is 11.1. The first kappa shape index (κ1) is 12.5. The zero-order valence-electron chi connectivity index (χ0n) is 10.4. The molecule has 20 heavy (non-hydrogen) atoms. The van der Waals surface area contributed by atoms with Crippen LogP contribution in [-0.4, -0.2) is 16.2 Å². The molecule has 0 aliphatic heterocycles. The molecular weight excluding hydrogens is 276 g/mol. The largest absolute Gasteiger partial charge is 0.351 e. The highest BCUT2D eigenvalue weighted by atomic mass is 35.5. The average Bonchev–Trinajstić information content (AvgIpc) is 2.80. The second-order valence-corrected chi connectivity index (χ2v) is 4.71. The molecule has 0 atom stereocenters. The monoisotopic (exact) mass is 286 g/mol. The number of benzene rings is 2. The molecule has 0 aliphatic carbocycles. The highest BCUT2D eigenvalue weighted by molar-refractivity contribution is 6.34. The zero-order chi connectivity index (χ0) is 14.1. The Kier molecular flexibility index (Phi) is 3.04. The number of anilines is 1. The van der Waals surface area contributed by atoms with Gasteiger partial charge in [0.1, 0.15) is 0 Å². The predicted molar refractivity (Wildman–Crippen MR) is 79.7 cm³/mol. The van der Waals surface area contributed by atoms with Crippen molar-refractivity contribution in [2.45, 2.75) is 0 Å². The van der Waals surface area contributed by atoms with E-state index in [2.05, 4.69) is 15.5 Å². The van der Waals surface area contributed by atoms with Crippen molar-refractivity contribution in [1.82, 2.24) is 10.2 Å². The Balaban J connectivity index is 2.18. The van der Waals surface area contributed by atoms with Crippen LogP contribution in [0, 0.1) is 0 Å². The van der Waals surface area contributed by atoms with Gasteiger partial charge in [0.05, 0.1) is 10.5 Å². The Hall–Kier alpha value is -2.53. The Morgan fingerprint density at radius 3 is 2.70 bits per heavy atom. The fourth-order valence-electron chi connectivity index (χ4n) is 2.09. The summed E-state index contributed by atoms with van der Waals surface area (Å²) in [5.74, 6) is 0.390. The highest BCUT2D eigenvalue weighted by Crippen LogP contribution is 2.33. The van der Waals surface area contributed by atoms with E-state index in [1.54, 1.807) is 6.07 Å². The maximum Gasteiger partial charge on any atom is 0.317 e. The fraction of sp³-hybridized carbons (Fsp3) is 0. The number of amides is 2. The van der Waals surface area contributed by atoms with Crippen LogP contribution in [0.3, 0.4) is 0 Å². The van der Waals surface area contributed by atoms with E-state index < -0.39 is 6.03 Å². The van der Waals surface area contributed by atoms with Crippen molar-refractivity contribution < 1.29 is 4.79 Å². The van der Waals surface area contributed by atoms with Gasteiger partial charge < -0.3 is 5.73 Å². The molecule has 6 heteroatoms. The molecule has 2 aromatic carbocycles. The van der Waals surface area contributed by atoms with Crippen LogP contribution in [0.2, 0.25) is 5.02 Å². The number of aromatic nitrogens is 2. The number of primary amides is 1. The summed E-state index contributed by atoms with van der Waals surface area (Å²) >= 11 is 6.29. The number of hydrogen-bond acceptors (Lipinski definition) is 2. The van der Waals surface area contributed by atoms with Crippen molar-refractivity contribution >= 4 is 34.4 Å². The van der Waals surface area contributed by atoms with Crippen molar-refractivity contribution in [3.63, 3.8) is 0 Å². The lowest BCUT2D eigenvalue weighted by molar-refractivity contribution is 0.259. The highest BCUT2D eigenvalue weighted by Gasteiger charge is 2.12. The molecule has 0 unspecified atom stereocenters. The quantitative estimate of drug-likeness (QED) is 0.675. The minimum atomic E-state index is -0.658. The molecule has 3 rings (SSSR count). The summed E-state index contributed by atoms with van der Waals surface area (Å²) in [5.41, 5.74) is 7.72. The summed E-state index contributed by atoms with van der Waals surface area (Å²) in [5, 5.41) is 10.7. The van der Waals surface area contributed by atoms with Crippen LogP contribution in [0.25, 0.3) is 22.0 Å². The van der Waals surface area contributed by atoms with Crippen molar-refractivity contribution in [2.75, 3.05) is 5.32 Å². The van der Waals surface area contributed by atoms with Gasteiger partial charge in [-0.1, -0.05) is 41.9 Å². The van der Waals surface area contributed by atoms with E-state index in [4.69, 9.17) is 17.3 Å². The van der Waals surface area contributed by atoms with Gasteiger partial charge in [0.15, 0.2) is 5.82 Å². The van der Waals surface area contributed by atoms with Crippen molar-refractivity contribution in [3.8, 4) is 11.1 Å². The standard InChI is InChI=1S/C14H11ClN4O/c15-11-7-12-10(13(19-18-12)17-14(16)20)6-9(11)8-4-2-1-3-5-8/h1-7H,(H4,16,17,18,19,20). The normalized spacial score (nSPS) is 10.7. The Morgan fingerprint density at radius 1 is 1.25 bits per heavy atom. The van der Waals surface area contributed by atoms with Gasteiger partial charge in [-0.25, -0.2) is 4.79 Å². The number of nitrogens with zero attached hydrogens (tertiary/aromatic N) is 1. The van der Waals surface area contributed by atoms with Gasteiger partial charge >= 0.3 is 6.03 Å². The molecule has 100 valence electrons. The molecule has 0 radical (unpaired) electrons. The first-order valence-electron chi connectivity index (χ1n) is 5.94. The lowest BCUT2D eigenvalue weighted by atomic mass is 10.0. The Morgan fingerprint density at radius 2 is 2.00 bits per heavy atom. The number of nitrogens with two attached hydrogens (primary N) is 1. The second-order valence-electron chi connectivity index (χ2n) is 4.31. The molecule has 4 N–H and O–H groups in total. The molecule has 0 saturated carbocycles. The Labute approximate surface area is 119 Å². The molecular formula is C14H11ClN4O. The average molecular weight is 287 g/mol. The Bertz CT molecular complexity index is 782. The molecule has 1 aromatic heterocycles. The van der Waals surface area contributed by atoms with E-state index in [1.165, 1.54) is 0 Å². The molecule has 0 fully saturated rings. The maximum absolute atomic E-state index is 11.0. The van der Waals surface area contributed by atoms with Crippen molar-refractivity contribution in [2.24, 2.45) is 5.73 Å². The lowest BCUT2D eigenvalue weighted by Gasteiger charge is -2.05. The third-order valence-corrected chi connectivity index (χ3v) is 3.29. The van der Waals surface area contributed by atoms with E-state index in [-0.39, 0.29) is 0 Å². The van der Waals surface area contributed by atoms with Crippen molar-refractivity contribution in [3.05, 3.63) is 47.5 Å². The first-order chi connectivity index (χ1) is 9.65. The van der Waals surface area contributed by atoms with E-state index in [0.717, 1.165) is 22.0 Å². The summed E-state index contributed by atoms with van der Waals surface area (Å²) in [7, 11) is 0. The van der Waals surface area contributed by atoms with E-state index in [1.807, 2.05) is 36.4 Å². The lowest BCUT2D eigenvalue weighted by Crippen LogP contribution is -2.19. The molecule has 5 nitrogen and oxygen atoms in total. The van der Waals surface area contributed by atoms with Crippen LogP contribution < -0.4 is 11.1 Å². The van der Waals surface area contributed by atoms with Crippen LogP contribution >= 0.6 is 11.6 Å². The second kappa shape index (κ2) is 4.86. The van der Waals surface area contributed by atoms with E-state index >= 15 is 0 Å². The minimum Gasteiger partial charge on any atom is -0.351 e. The minimum absolute atomic E-state index is 0.390. The summed E-state index contributed by atoms with van der Waals surface area (Å²) < 4.78 is 0. The van der Waals surface area contributed by atoms with Crippen LogP contribution in [0.4, 0.5) is 10.6 Å². The first-order valence-corrected chi connectivity index (χ1v) is 6.32. The SMILES string of the molecule is NC(=O)Nc1n[nH]c2cc(Cl)c(-c3ccccc3)cc12. The number of nitrogens with one attached hydrogen (secondary N) is 2. The van der Waals surface area contributed by atoms with Crippen LogP contribution in [0.1, 0.15) is 0 Å². The molecule has 3 aromatic rings. The van der Waals surface area contributed by atoms with Crippen LogP contribution in [0.15, 0.2) is 42.5 Å². The third-order valence-electron chi connectivity index (χ3n) is 2.98. The molecule has 0 bridgehead atoms. The van der Waals surface area contributed by atoms with Gasteiger partial charge in [0.25, 0.3) is 0 Å². The van der Waals surface area contributed by atoms with Gasteiger partial charge in [0.2, 0.25) is 0 Å². The van der Waals surface area contributed by atoms with Crippen molar-refractivity contribution in [1.29, 1.82) is 0 Å². The molecule has 0 spiro atoms. The third kappa shape index (κ3) is 2.19. The number of carbonyl (C=O) groups is 1. The molecule has 0 aliphatic rings. The topological polar surface area (TPSA) is 83.8 Å².